The maximum atomic E-state index is 11.8. The lowest BCUT2D eigenvalue weighted by Crippen LogP contribution is -2.19. The molecule has 1 aromatic carbocycles. The molecule has 1 aliphatic carbocycles. The number of aryl methyl sites for hydroxylation is 1. The van der Waals surface area contributed by atoms with Crippen LogP contribution >= 0.6 is 0 Å². The van der Waals surface area contributed by atoms with Gasteiger partial charge in [-0.15, -0.1) is 0 Å². The molecule has 15 heavy (non-hydrogen) atoms. The first-order valence-electron chi connectivity index (χ1n) is 5.73. The smallest absolute Gasteiger partial charge is 0.163 e. The summed E-state index contributed by atoms with van der Waals surface area (Å²) in [6.45, 7) is 6.53. The number of hydrogen-bond donors (Lipinski definition) is 0. The Hall–Kier alpha value is -1.11. The second-order valence-electron chi connectivity index (χ2n) is 4.90. The SMILES string of the molecule is Cc1ccc2c(c1)C(=O)CC[C@H]2C(C)C. The summed E-state index contributed by atoms with van der Waals surface area (Å²) in [7, 11) is 0. The average Bonchev–Trinajstić information content (AvgIpc) is 2.19. The molecule has 1 heteroatoms. The number of carbonyl (C=O) groups is 1. The van der Waals surface area contributed by atoms with Gasteiger partial charge in [-0.2, -0.15) is 0 Å². The van der Waals surface area contributed by atoms with Crippen LogP contribution < -0.4 is 0 Å². The Morgan fingerprint density at radius 1 is 1.33 bits per heavy atom. The van der Waals surface area contributed by atoms with E-state index in [1.807, 2.05) is 13.0 Å². The molecule has 0 heterocycles. The number of hydrogen-bond acceptors (Lipinski definition) is 1. The Morgan fingerprint density at radius 2 is 2.07 bits per heavy atom. The molecule has 0 unspecified atom stereocenters. The Bertz CT molecular complexity index is 390. The molecule has 0 aliphatic heterocycles. The van der Waals surface area contributed by atoms with Gasteiger partial charge in [0.05, 0.1) is 0 Å². The predicted molar refractivity (Wildman–Crippen MR) is 62.3 cm³/mol. The van der Waals surface area contributed by atoms with Gasteiger partial charge in [0.2, 0.25) is 0 Å². The number of rotatable bonds is 1. The molecule has 0 aromatic heterocycles. The number of fused-ring (bicyclic) bond motifs is 1. The van der Waals surface area contributed by atoms with Crippen LogP contribution in [0.1, 0.15) is 54.1 Å². The highest BCUT2D eigenvalue weighted by Crippen LogP contribution is 2.36. The zero-order valence-electron chi connectivity index (χ0n) is 9.71. The standard InChI is InChI=1S/C14H18O/c1-9(2)11-6-7-14(15)13-8-10(3)4-5-12(11)13/h4-5,8-9,11H,6-7H2,1-3H3/t11-/m0/s1. The van der Waals surface area contributed by atoms with Crippen molar-refractivity contribution in [1.29, 1.82) is 0 Å². The number of benzene rings is 1. The Labute approximate surface area is 91.5 Å². The third kappa shape index (κ3) is 1.83. The third-order valence-corrected chi connectivity index (χ3v) is 3.40. The van der Waals surface area contributed by atoms with Crippen LogP contribution in [-0.2, 0) is 0 Å². The van der Waals surface area contributed by atoms with Crippen molar-refractivity contribution in [3.8, 4) is 0 Å². The van der Waals surface area contributed by atoms with Crippen LogP contribution in [0.15, 0.2) is 18.2 Å². The van der Waals surface area contributed by atoms with Gasteiger partial charge in [-0.25, -0.2) is 0 Å². The molecule has 1 aliphatic rings. The average molecular weight is 202 g/mol. The van der Waals surface area contributed by atoms with Crippen molar-refractivity contribution in [1.82, 2.24) is 0 Å². The van der Waals surface area contributed by atoms with E-state index in [1.165, 1.54) is 11.1 Å². The van der Waals surface area contributed by atoms with Crippen LogP contribution in [0.2, 0.25) is 0 Å². The van der Waals surface area contributed by atoms with E-state index in [-0.39, 0.29) is 0 Å². The molecule has 0 radical (unpaired) electrons. The molecule has 0 amide bonds. The molecule has 0 bridgehead atoms. The predicted octanol–water partition coefficient (Wildman–Crippen LogP) is 3.71. The first kappa shape index (κ1) is 10.4. The summed E-state index contributed by atoms with van der Waals surface area (Å²) in [5.41, 5.74) is 3.43. The van der Waals surface area contributed by atoms with Crippen molar-refractivity contribution in [2.75, 3.05) is 0 Å². The quantitative estimate of drug-likeness (QED) is 0.678. The molecule has 0 saturated heterocycles. The number of Topliss-reactive ketones (excluding diaryl/α,β-unsaturated/α-hetero) is 1. The highest BCUT2D eigenvalue weighted by atomic mass is 16.1. The molecule has 1 nitrogen and oxygen atoms in total. The number of carbonyl (C=O) groups excluding carboxylic acids is 1. The maximum absolute atomic E-state index is 11.8. The summed E-state index contributed by atoms with van der Waals surface area (Å²) in [4.78, 5) is 11.8. The van der Waals surface area contributed by atoms with Crippen LogP contribution in [0.5, 0.6) is 0 Å². The first-order valence-corrected chi connectivity index (χ1v) is 5.73. The molecular formula is C14H18O. The molecular weight excluding hydrogens is 184 g/mol. The van der Waals surface area contributed by atoms with Crippen molar-refractivity contribution in [3.63, 3.8) is 0 Å². The van der Waals surface area contributed by atoms with Gasteiger partial charge in [0.15, 0.2) is 5.78 Å². The summed E-state index contributed by atoms with van der Waals surface area (Å²) < 4.78 is 0. The van der Waals surface area contributed by atoms with Crippen LogP contribution in [-0.4, -0.2) is 5.78 Å². The van der Waals surface area contributed by atoms with E-state index >= 15 is 0 Å². The van der Waals surface area contributed by atoms with Gasteiger partial charge in [-0.05, 0) is 36.8 Å². The summed E-state index contributed by atoms with van der Waals surface area (Å²) >= 11 is 0. The van der Waals surface area contributed by atoms with Gasteiger partial charge in [0.1, 0.15) is 0 Å². The van der Waals surface area contributed by atoms with Crippen LogP contribution in [0.3, 0.4) is 0 Å². The molecule has 0 N–H and O–H groups in total. The normalized spacial score (nSPS) is 20.5. The lowest BCUT2D eigenvalue weighted by molar-refractivity contribution is 0.0963. The van der Waals surface area contributed by atoms with Crippen LogP contribution in [0.4, 0.5) is 0 Å². The van der Waals surface area contributed by atoms with Crippen LogP contribution in [0.25, 0.3) is 0 Å². The first-order chi connectivity index (χ1) is 7.09. The molecule has 0 spiro atoms. The molecule has 1 atom stereocenters. The fraction of sp³-hybridized carbons (Fsp3) is 0.500. The highest BCUT2D eigenvalue weighted by molar-refractivity contribution is 5.99. The molecule has 80 valence electrons. The van der Waals surface area contributed by atoms with E-state index in [1.54, 1.807) is 0 Å². The molecule has 0 saturated carbocycles. The summed E-state index contributed by atoms with van der Waals surface area (Å²) in [5, 5.41) is 0. The lowest BCUT2D eigenvalue weighted by Gasteiger charge is -2.27. The van der Waals surface area contributed by atoms with Crippen molar-refractivity contribution >= 4 is 5.78 Å². The second kappa shape index (κ2) is 3.80. The highest BCUT2D eigenvalue weighted by Gasteiger charge is 2.27. The van der Waals surface area contributed by atoms with Gasteiger partial charge >= 0.3 is 0 Å². The lowest BCUT2D eigenvalue weighted by atomic mass is 9.76. The number of ketones is 1. The zero-order valence-corrected chi connectivity index (χ0v) is 9.71. The summed E-state index contributed by atoms with van der Waals surface area (Å²) in [6.07, 6.45) is 1.74. The minimum absolute atomic E-state index is 0.325. The van der Waals surface area contributed by atoms with Crippen molar-refractivity contribution in [3.05, 3.63) is 34.9 Å². The monoisotopic (exact) mass is 202 g/mol. The van der Waals surface area contributed by atoms with Gasteiger partial charge in [0.25, 0.3) is 0 Å². The molecule has 1 aromatic rings. The van der Waals surface area contributed by atoms with E-state index in [4.69, 9.17) is 0 Å². The van der Waals surface area contributed by atoms with Gasteiger partial charge in [-0.3, -0.25) is 4.79 Å². The summed E-state index contributed by atoms with van der Waals surface area (Å²) in [6, 6.07) is 6.31. The van der Waals surface area contributed by atoms with E-state index in [2.05, 4.69) is 26.0 Å². The molecule has 0 fully saturated rings. The zero-order chi connectivity index (χ0) is 11.0. The fourth-order valence-electron chi connectivity index (χ4n) is 2.50. The largest absolute Gasteiger partial charge is 0.294 e. The van der Waals surface area contributed by atoms with Gasteiger partial charge < -0.3 is 0 Å². The van der Waals surface area contributed by atoms with Crippen molar-refractivity contribution < 1.29 is 4.79 Å². The summed E-state index contributed by atoms with van der Waals surface area (Å²) in [5.74, 6) is 1.52. The van der Waals surface area contributed by atoms with E-state index < -0.39 is 0 Å². The van der Waals surface area contributed by atoms with Crippen LogP contribution in [0, 0.1) is 12.8 Å². The Balaban J connectivity index is 2.50. The minimum Gasteiger partial charge on any atom is -0.294 e. The Morgan fingerprint density at radius 3 is 2.73 bits per heavy atom. The van der Waals surface area contributed by atoms with E-state index in [9.17, 15) is 4.79 Å². The van der Waals surface area contributed by atoms with E-state index in [0.717, 1.165) is 18.4 Å². The minimum atomic E-state index is 0.325. The van der Waals surface area contributed by atoms with E-state index in [0.29, 0.717) is 17.6 Å². The Kier molecular flexibility index (Phi) is 2.64. The van der Waals surface area contributed by atoms with Gasteiger partial charge in [0, 0.05) is 12.0 Å². The second-order valence-corrected chi connectivity index (χ2v) is 4.90. The van der Waals surface area contributed by atoms with Crippen molar-refractivity contribution in [2.45, 2.75) is 39.5 Å². The fourth-order valence-corrected chi connectivity index (χ4v) is 2.50. The van der Waals surface area contributed by atoms with Crippen molar-refractivity contribution in [2.24, 2.45) is 5.92 Å². The maximum Gasteiger partial charge on any atom is 0.163 e. The van der Waals surface area contributed by atoms with Gasteiger partial charge in [-0.1, -0.05) is 31.5 Å². The third-order valence-electron chi connectivity index (χ3n) is 3.40. The molecule has 2 rings (SSSR count). The topological polar surface area (TPSA) is 17.1 Å².